The van der Waals surface area contributed by atoms with E-state index in [1.165, 1.54) is 11.8 Å². The smallest absolute Gasteiger partial charge is 0.306 e. The van der Waals surface area contributed by atoms with Crippen LogP contribution in [0.1, 0.15) is 12.8 Å². The van der Waals surface area contributed by atoms with Gasteiger partial charge in [-0.25, -0.2) is 0 Å². The van der Waals surface area contributed by atoms with Crippen molar-refractivity contribution in [1.82, 2.24) is 10.2 Å². The van der Waals surface area contributed by atoms with Gasteiger partial charge in [0, 0.05) is 10.3 Å². The minimum Gasteiger partial charge on any atom is -0.481 e. The first-order valence-corrected chi connectivity index (χ1v) is 7.85. The lowest BCUT2D eigenvalue weighted by Gasteiger charge is -2.30. The predicted molar refractivity (Wildman–Crippen MR) is 79.8 cm³/mol. The molecule has 0 unspecified atom stereocenters. The van der Waals surface area contributed by atoms with E-state index in [4.69, 9.17) is 32.7 Å². The van der Waals surface area contributed by atoms with Crippen LogP contribution in [-0.2, 0) is 4.79 Å². The fraction of sp³-hybridized carbons (Fsp3) is 0.308. The molecule has 0 spiro atoms. The minimum atomic E-state index is -0.744. The molecule has 1 fully saturated rings. The van der Waals surface area contributed by atoms with Crippen molar-refractivity contribution in [3.8, 4) is 11.5 Å². The maximum Gasteiger partial charge on any atom is 0.306 e. The van der Waals surface area contributed by atoms with Crippen LogP contribution in [-0.4, -0.2) is 26.5 Å². The highest BCUT2D eigenvalue weighted by atomic mass is 35.5. The van der Waals surface area contributed by atoms with Crippen molar-refractivity contribution in [2.24, 2.45) is 5.92 Å². The number of hydrogen-bond donors (Lipinski definition) is 1. The molecule has 1 heterocycles. The van der Waals surface area contributed by atoms with Crippen molar-refractivity contribution in [2.75, 3.05) is 0 Å². The number of nitrogens with zero attached hydrogens (tertiary/aromatic N) is 2. The van der Waals surface area contributed by atoms with Gasteiger partial charge in [0.25, 0.3) is 5.22 Å². The van der Waals surface area contributed by atoms with E-state index >= 15 is 0 Å². The topological polar surface area (TPSA) is 76.2 Å². The van der Waals surface area contributed by atoms with E-state index in [0.717, 1.165) is 0 Å². The molecule has 3 rings (SSSR count). The Hall–Kier alpha value is -1.24. The number of carboxylic acid groups (broad SMARTS) is 1. The molecule has 0 atom stereocenters. The van der Waals surface area contributed by atoms with Gasteiger partial charge in [-0.05, 0) is 31.0 Å². The fourth-order valence-corrected chi connectivity index (χ4v) is 3.68. The van der Waals surface area contributed by atoms with Gasteiger partial charge >= 0.3 is 5.97 Å². The van der Waals surface area contributed by atoms with Crippen LogP contribution in [0.4, 0.5) is 0 Å². The summed E-state index contributed by atoms with van der Waals surface area (Å²) in [7, 11) is 0. The Morgan fingerprint density at radius 3 is 2.76 bits per heavy atom. The molecule has 0 radical (unpaired) electrons. The summed E-state index contributed by atoms with van der Waals surface area (Å²) in [5, 5.41) is 18.4. The highest BCUT2D eigenvalue weighted by Gasteiger charge is 2.36. The van der Waals surface area contributed by atoms with Crippen LogP contribution < -0.4 is 0 Å². The van der Waals surface area contributed by atoms with E-state index in [-0.39, 0.29) is 11.2 Å². The number of carbonyl (C=O) groups is 1. The van der Waals surface area contributed by atoms with Gasteiger partial charge < -0.3 is 9.52 Å². The van der Waals surface area contributed by atoms with E-state index in [1.807, 2.05) is 0 Å². The van der Waals surface area contributed by atoms with E-state index in [2.05, 4.69) is 10.2 Å². The Kier molecular flexibility index (Phi) is 4.10. The molecule has 2 aromatic rings. The zero-order chi connectivity index (χ0) is 15.0. The molecular formula is C13H10Cl2N2O3S. The molecule has 1 aliphatic rings. The highest BCUT2D eigenvalue weighted by Crippen LogP contribution is 2.41. The summed E-state index contributed by atoms with van der Waals surface area (Å²) < 4.78 is 5.56. The Morgan fingerprint density at radius 2 is 2.10 bits per heavy atom. The van der Waals surface area contributed by atoms with Crippen LogP contribution in [0.5, 0.6) is 0 Å². The second-order valence-corrected chi connectivity index (χ2v) is 6.84. The lowest BCUT2D eigenvalue weighted by molar-refractivity contribution is -0.144. The van der Waals surface area contributed by atoms with Gasteiger partial charge in [-0.1, -0.05) is 35.0 Å². The molecule has 0 amide bonds. The Labute approximate surface area is 134 Å². The van der Waals surface area contributed by atoms with E-state index in [0.29, 0.717) is 39.6 Å². The summed E-state index contributed by atoms with van der Waals surface area (Å²) in [6.45, 7) is 0. The Bertz CT molecular complexity index is 686. The van der Waals surface area contributed by atoms with Crippen LogP contribution >= 0.6 is 35.0 Å². The second-order valence-electron chi connectivity index (χ2n) is 4.74. The number of thioether (sulfide) groups is 1. The molecule has 21 heavy (non-hydrogen) atoms. The molecule has 1 saturated carbocycles. The summed E-state index contributed by atoms with van der Waals surface area (Å²) in [6, 6.07) is 5.03. The summed E-state index contributed by atoms with van der Waals surface area (Å²) in [5.74, 6) is -0.671. The SMILES string of the molecule is O=C(O)C1CC(Sc2nnc(-c3ccc(Cl)cc3Cl)o2)C1. The molecule has 8 heteroatoms. The fourth-order valence-electron chi connectivity index (χ4n) is 2.04. The standard InChI is InChI=1S/C13H10Cl2N2O3S/c14-7-1-2-9(10(15)5-7)11-16-17-13(20-11)21-8-3-6(4-8)12(18)19/h1-2,5-6,8H,3-4H2,(H,18,19). The summed E-state index contributed by atoms with van der Waals surface area (Å²) in [5.41, 5.74) is 0.623. The van der Waals surface area contributed by atoms with Crippen molar-refractivity contribution in [3.05, 3.63) is 28.2 Å². The third kappa shape index (κ3) is 3.17. The Balaban J connectivity index is 1.68. The van der Waals surface area contributed by atoms with E-state index < -0.39 is 5.97 Å². The zero-order valence-electron chi connectivity index (χ0n) is 10.6. The monoisotopic (exact) mass is 344 g/mol. The molecule has 110 valence electrons. The van der Waals surface area contributed by atoms with Crippen LogP contribution in [0, 0.1) is 5.92 Å². The highest BCUT2D eigenvalue weighted by molar-refractivity contribution is 7.99. The normalized spacial score (nSPS) is 21.0. The first-order chi connectivity index (χ1) is 10.0. The molecule has 0 aliphatic heterocycles. The molecule has 1 aromatic heterocycles. The number of rotatable bonds is 4. The van der Waals surface area contributed by atoms with Gasteiger partial charge in [-0.3, -0.25) is 4.79 Å². The molecule has 0 bridgehead atoms. The molecule has 1 aliphatic carbocycles. The largest absolute Gasteiger partial charge is 0.481 e. The predicted octanol–water partition coefficient (Wildman–Crippen LogP) is 4.00. The molecule has 1 N–H and O–H groups in total. The molecular weight excluding hydrogens is 335 g/mol. The van der Waals surface area contributed by atoms with Crippen molar-refractivity contribution in [3.63, 3.8) is 0 Å². The van der Waals surface area contributed by atoms with Crippen LogP contribution in [0.2, 0.25) is 10.0 Å². The number of carboxylic acids is 1. The third-order valence-electron chi connectivity index (χ3n) is 3.28. The van der Waals surface area contributed by atoms with Crippen LogP contribution in [0.3, 0.4) is 0 Å². The third-order valence-corrected chi connectivity index (χ3v) is 4.91. The number of aromatic nitrogens is 2. The lowest BCUT2D eigenvalue weighted by atomic mass is 9.85. The molecule has 0 saturated heterocycles. The minimum absolute atomic E-state index is 0.208. The average Bonchev–Trinajstić information content (AvgIpc) is 2.81. The van der Waals surface area contributed by atoms with Crippen molar-refractivity contribution in [1.29, 1.82) is 0 Å². The molecule has 1 aromatic carbocycles. The van der Waals surface area contributed by atoms with Crippen molar-refractivity contribution >= 4 is 40.9 Å². The van der Waals surface area contributed by atoms with E-state index in [9.17, 15) is 4.79 Å². The maximum absolute atomic E-state index is 10.7. The van der Waals surface area contributed by atoms with Gasteiger partial charge in [-0.15, -0.1) is 10.2 Å². The van der Waals surface area contributed by atoms with Gasteiger partial charge in [0.15, 0.2) is 0 Å². The zero-order valence-corrected chi connectivity index (χ0v) is 13.0. The number of hydrogen-bond acceptors (Lipinski definition) is 5. The van der Waals surface area contributed by atoms with E-state index in [1.54, 1.807) is 18.2 Å². The van der Waals surface area contributed by atoms with Crippen LogP contribution in [0.25, 0.3) is 11.5 Å². The van der Waals surface area contributed by atoms with Gasteiger partial charge in [0.1, 0.15) is 0 Å². The van der Waals surface area contributed by atoms with Gasteiger partial charge in [0.2, 0.25) is 5.89 Å². The summed E-state index contributed by atoms with van der Waals surface area (Å²) in [4.78, 5) is 10.7. The van der Waals surface area contributed by atoms with Gasteiger partial charge in [0.05, 0.1) is 16.5 Å². The number of halogens is 2. The summed E-state index contributed by atoms with van der Waals surface area (Å²) in [6.07, 6.45) is 1.25. The summed E-state index contributed by atoms with van der Waals surface area (Å²) >= 11 is 13.3. The maximum atomic E-state index is 10.7. The Morgan fingerprint density at radius 1 is 1.33 bits per heavy atom. The first-order valence-electron chi connectivity index (χ1n) is 6.21. The number of benzene rings is 1. The number of aliphatic carboxylic acids is 1. The second kappa shape index (κ2) is 5.87. The molecule has 5 nitrogen and oxygen atoms in total. The van der Waals surface area contributed by atoms with Gasteiger partial charge in [-0.2, -0.15) is 0 Å². The van der Waals surface area contributed by atoms with Crippen molar-refractivity contribution < 1.29 is 14.3 Å². The lowest BCUT2D eigenvalue weighted by Crippen LogP contribution is -2.32. The quantitative estimate of drug-likeness (QED) is 0.903. The van der Waals surface area contributed by atoms with Crippen LogP contribution in [0.15, 0.2) is 27.8 Å². The van der Waals surface area contributed by atoms with Crippen molar-refractivity contribution in [2.45, 2.75) is 23.3 Å². The average molecular weight is 345 g/mol. The first kappa shape index (κ1) is 14.7.